The fourth-order valence-electron chi connectivity index (χ4n) is 5.57. The van der Waals surface area contributed by atoms with E-state index in [0.29, 0.717) is 24.1 Å². The van der Waals surface area contributed by atoms with Crippen molar-refractivity contribution in [3.05, 3.63) is 53.5 Å². The molecular formula is C26H34N6O2. The van der Waals surface area contributed by atoms with Gasteiger partial charge < -0.3 is 15.1 Å². The predicted octanol–water partition coefficient (Wildman–Crippen LogP) is 2.56. The first-order valence-electron chi connectivity index (χ1n) is 12.5. The first kappa shape index (κ1) is 22.8. The van der Waals surface area contributed by atoms with E-state index in [4.69, 9.17) is 0 Å². The molecule has 5 rings (SSSR count). The molecule has 3 aliphatic rings. The second-order valence-corrected chi connectivity index (χ2v) is 9.75. The van der Waals surface area contributed by atoms with Crippen LogP contribution in [0.1, 0.15) is 54.2 Å². The van der Waals surface area contributed by atoms with Crippen LogP contribution in [0.25, 0.3) is 0 Å². The highest BCUT2D eigenvalue weighted by atomic mass is 16.2. The molecule has 3 aliphatic heterocycles. The number of piperidine rings is 2. The van der Waals surface area contributed by atoms with E-state index in [1.54, 1.807) is 13.0 Å². The summed E-state index contributed by atoms with van der Waals surface area (Å²) >= 11 is 0. The molecule has 180 valence electrons. The molecule has 1 unspecified atom stereocenters. The minimum Gasteiger partial charge on any atom is -0.365 e. The van der Waals surface area contributed by atoms with Gasteiger partial charge in [-0.15, -0.1) is 0 Å². The number of aromatic nitrogens is 2. The summed E-state index contributed by atoms with van der Waals surface area (Å²) < 4.78 is 0. The number of likely N-dealkylation sites (tertiary alicyclic amines) is 2. The van der Waals surface area contributed by atoms with Crippen molar-refractivity contribution in [2.75, 3.05) is 38.0 Å². The van der Waals surface area contributed by atoms with Gasteiger partial charge in [0.05, 0.1) is 0 Å². The Kier molecular flexibility index (Phi) is 6.76. The molecule has 0 radical (unpaired) electrons. The number of nitrogens with zero attached hydrogens (tertiary/aromatic N) is 5. The Morgan fingerprint density at radius 2 is 1.76 bits per heavy atom. The summed E-state index contributed by atoms with van der Waals surface area (Å²) in [7, 11) is 0. The smallest absolute Gasteiger partial charge is 0.272 e. The van der Waals surface area contributed by atoms with Gasteiger partial charge in [0.1, 0.15) is 17.8 Å². The topological polar surface area (TPSA) is 81.7 Å². The van der Waals surface area contributed by atoms with E-state index in [1.807, 2.05) is 9.80 Å². The molecule has 4 heterocycles. The number of amides is 2. The van der Waals surface area contributed by atoms with Crippen LogP contribution in [-0.4, -0.2) is 81.3 Å². The van der Waals surface area contributed by atoms with Gasteiger partial charge in [0, 0.05) is 64.3 Å². The summed E-state index contributed by atoms with van der Waals surface area (Å²) in [5, 5.41) is 3.40. The molecule has 1 N–H and O–H groups in total. The molecule has 0 bridgehead atoms. The van der Waals surface area contributed by atoms with E-state index >= 15 is 0 Å². The van der Waals surface area contributed by atoms with Gasteiger partial charge in [0.25, 0.3) is 5.91 Å². The average molecular weight is 463 g/mol. The lowest BCUT2D eigenvalue weighted by Gasteiger charge is -2.40. The Balaban J connectivity index is 1.16. The molecule has 1 aromatic carbocycles. The number of rotatable bonds is 4. The van der Waals surface area contributed by atoms with Crippen LogP contribution in [0.4, 0.5) is 5.82 Å². The monoisotopic (exact) mass is 462 g/mol. The zero-order valence-corrected chi connectivity index (χ0v) is 19.9. The van der Waals surface area contributed by atoms with Crippen LogP contribution in [-0.2, 0) is 17.8 Å². The highest BCUT2D eigenvalue weighted by Crippen LogP contribution is 2.25. The molecular weight excluding hydrogens is 428 g/mol. The molecule has 1 aromatic heterocycles. The van der Waals surface area contributed by atoms with Crippen LogP contribution in [0.3, 0.4) is 0 Å². The third kappa shape index (κ3) is 5.06. The van der Waals surface area contributed by atoms with Crippen molar-refractivity contribution in [3.8, 4) is 0 Å². The van der Waals surface area contributed by atoms with Gasteiger partial charge in [0.15, 0.2) is 0 Å². The molecule has 8 heteroatoms. The van der Waals surface area contributed by atoms with Crippen LogP contribution in [0.5, 0.6) is 0 Å². The molecule has 0 aliphatic carbocycles. The fraction of sp³-hybridized carbons (Fsp3) is 0.538. The Hall–Kier alpha value is -3.00. The molecule has 2 amide bonds. The predicted molar refractivity (Wildman–Crippen MR) is 130 cm³/mol. The Labute approximate surface area is 201 Å². The van der Waals surface area contributed by atoms with Gasteiger partial charge in [-0.05, 0) is 43.2 Å². The van der Waals surface area contributed by atoms with E-state index in [1.165, 1.54) is 17.5 Å². The third-order valence-corrected chi connectivity index (χ3v) is 7.53. The van der Waals surface area contributed by atoms with Crippen molar-refractivity contribution in [3.63, 3.8) is 0 Å². The SMILES string of the molecule is CC(=O)N1CCCC(Nc2cc(C(=O)N3CCC(N4CCc5ccccc5C4)CC3)ncn2)C1. The lowest BCUT2D eigenvalue weighted by molar-refractivity contribution is -0.129. The number of anilines is 1. The van der Waals surface area contributed by atoms with Crippen molar-refractivity contribution >= 4 is 17.6 Å². The van der Waals surface area contributed by atoms with Gasteiger partial charge in [0.2, 0.25) is 5.91 Å². The van der Waals surface area contributed by atoms with Gasteiger partial charge in [-0.25, -0.2) is 9.97 Å². The zero-order valence-electron chi connectivity index (χ0n) is 19.9. The number of carbonyl (C=O) groups is 2. The fourth-order valence-corrected chi connectivity index (χ4v) is 5.57. The number of hydrogen-bond acceptors (Lipinski definition) is 6. The highest BCUT2D eigenvalue weighted by Gasteiger charge is 2.30. The standard InChI is InChI=1S/C26H34N6O2/c1-19(33)31-11-4-7-22(17-31)29-25-15-24(27-18-28-25)26(34)30-13-9-23(10-14-30)32-12-8-20-5-2-3-6-21(20)16-32/h2-3,5-6,15,18,22-23H,4,7-14,16-17H2,1H3,(H,27,28,29). The van der Waals surface area contributed by atoms with Crippen molar-refractivity contribution in [1.82, 2.24) is 24.7 Å². The molecule has 34 heavy (non-hydrogen) atoms. The molecule has 2 fully saturated rings. The Morgan fingerprint density at radius 3 is 2.56 bits per heavy atom. The molecule has 8 nitrogen and oxygen atoms in total. The maximum absolute atomic E-state index is 13.2. The van der Waals surface area contributed by atoms with Gasteiger partial charge in [-0.2, -0.15) is 0 Å². The van der Waals surface area contributed by atoms with Crippen LogP contribution < -0.4 is 5.32 Å². The lowest BCUT2D eigenvalue weighted by atomic mass is 9.95. The van der Waals surface area contributed by atoms with Gasteiger partial charge in [-0.1, -0.05) is 24.3 Å². The summed E-state index contributed by atoms with van der Waals surface area (Å²) in [4.78, 5) is 39.9. The first-order valence-corrected chi connectivity index (χ1v) is 12.5. The molecule has 0 spiro atoms. The largest absolute Gasteiger partial charge is 0.365 e. The Bertz CT molecular complexity index is 1040. The van der Waals surface area contributed by atoms with Crippen LogP contribution in [0.15, 0.2) is 36.7 Å². The highest BCUT2D eigenvalue weighted by molar-refractivity contribution is 5.93. The van der Waals surface area contributed by atoms with Crippen molar-refractivity contribution in [1.29, 1.82) is 0 Å². The zero-order chi connectivity index (χ0) is 23.5. The van der Waals surface area contributed by atoms with E-state index in [-0.39, 0.29) is 17.9 Å². The van der Waals surface area contributed by atoms with Crippen LogP contribution in [0.2, 0.25) is 0 Å². The van der Waals surface area contributed by atoms with E-state index in [0.717, 1.165) is 64.8 Å². The normalized spacial score (nSPS) is 21.7. The number of hydrogen-bond donors (Lipinski definition) is 1. The maximum atomic E-state index is 13.2. The number of fused-ring (bicyclic) bond motifs is 1. The molecule has 2 aromatic rings. The number of carbonyl (C=O) groups excluding carboxylic acids is 2. The summed E-state index contributed by atoms with van der Waals surface area (Å²) in [5.41, 5.74) is 3.35. The van der Waals surface area contributed by atoms with Crippen molar-refractivity contribution < 1.29 is 9.59 Å². The second-order valence-electron chi connectivity index (χ2n) is 9.75. The lowest BCUT2D eigenvalue weighted by Crippen LogP contribution is -2.48. The Morgan fingerprint density at radius 1 is 0.971 bits per heavy atom. The minimum atomic E-state index is -0.0260. The number of benzene rings is 1. The van der Waals surface area contributed by atoms with Crippen molar-refractivity contribution in [2.24, 2.45) is 0 Å². The summed E-state index contributed by atoms with van der Waals surface area (Å²) in [6, 6.07) is 11.2. The van der Waals surface area contributed by atoms with Gasteiger partial charge >= 0.3 is 0 Å². The van der Waals surface area contributed by atoms with E-state index in [9.17, 15) is 9.59 Å². The first-order chi connectivity index (χ1) is 16.6. The maximum Gasteiger partial charge on any atom is 0.272 e. The van der Waals surface area contributed by atoms with E-state index < -0.39 is 0 Å². The summed E-state index contributed by atoms with van der Waals surface area (Å²) in [6.45, 7) is 6.70. The molecule has 1 atom stereocenters. The third-order valence-electron chi connectivity index (χ3n) is 7.53. The quantitative estimate of drug-likeness (QED) is 0.752. The number of nitrogens with one attached hydrogen (secondary N) is 1. The van der Waals surface area contributed by atoms with Gasteiger partial charge in [-0.3, -0.25) is 14.5 Å². The van der Waals surface area contributed by atoms with Crippen molar-refractivity contribution in [2.45, 2.75) is 57.7 Å². The average Bonchev–Trinajstić information content (AvgIpc) is 2.88. The summed E-state index contributed by atoms with van der Waals surface area (Å²) in [6.07, 6.45) is 6.49. The molecule has 0 saturated carbocycles. The van der Waals surface area contributed by atoms with Crippen LogP contribution in [0, 0.1) is 0 Å². The summed E-state index contributed by atoms with van der Waals surface area (Å²) in [5.74, 6) is 0.722. The van der Waals surface area contributed by atoms with Crippen LogP contribution >= 0.6 is 0 Å². The minimum absolute atomic E-state index is 0.0260. The molecule has 2 saturated heterocycles. The second kappa shape index (κ2) is 10.1. The van der Waals surface area contributed by atoms with E-state index in [2.05, 4.69) is 44.5 Å².